The van der Waals surface area contributed by atoms with Gasteiger partial charge < -0.3 is 5.32 Å². The fraction of sp³-hybridized carbons (Fsp3) is 0.769. The molecule has 0 bridgehead atoms. The van der Waals surface area contributed by atoms with Crippen LogP contribution in [0.2, 0.25) is 0 Å². The molecule has 1 N–H and O–H groups in total. The van der Waals surface area contributed by atoms with E-state index in [0.717, 1.165) is 18.4 Å². The molecule has 0 radical (unpaired) electrons. The van der Waals surface area contributed by atoms with Crippen LogP contribution in [-0.4, -0.2) is 36.1 Å². The molecule has 9 atom stereocenters. The summed E-state index contributed by atoms with van der Waals surface area (Å²) >= 11 is 0. The van der Waals surface area contributed by atoms with Gasteiger partial charge in [-0.3, -0.25) is 4.90 Å². The third kappa shape index (κ3) is 7.33. The lowest BCUT2D eigenvalue weighted by Crippen LogP contribution is -2.71. The van der Waals surface area contributed by atoms with Crippen LogP contribution in [-0.2, 0) is 0 Å². The fourth-order valence-corrected chi connectivity index (χ4v) is 14.7. The van der Waals surface area contributed by atoms with Gasteiger partial charge in [0.05, 0.1) is 0 Å². The maximum Gasteiger partial charge on any atom is 0.0218 e. The Bertz CT molecular complexity index is 1440. The summed E-state index contributed by atoms with van der Waals surface area (Å²) in [5, 5.41) is 4.41. The van der Waals surface area contributed by atoms with Gasteiger partial charge in [-0.2, -0.15) is 0 Å². The normalized spacial score (nSPS) is 37.2. The smallest absolute Gasteiger partial charge is 0.0218 e. The molecule has 0 aromatic heterocycles. The third-order valence-electron chi connectivity index (χ3n) is 17.3. The SMILES string of the molecule is C=C.C=C(C)C12CCC3(C)C4(C)CC=C(c5ccc(C)cc5)C(C)(C)C4CCC3(C)C1CCC1(NCCN(CC(C)(C)C)C(C)CCC)CCCC12.CC. The standard InChI is InChI=1S/C48H78N2.C2H6.C2H4/c1-14-16-36(5)50(33-42(6,7)8)32-31-49-47-25-15-17-41(47)48(34(2)3)30-29-46(13)44(11)26-22-38(37-20-18-35(4)19-21-37)43(9,10)39(44)23-27-45(46,12)40(48)24-28-47;2*1-2/h18-22,36,39-41,49H,2,14-17,23-33H2,1,3-13H3;1-2H3;1-2H2. The monoisotopic (exact) mass is 741 g/mol. The molecule has 1 aromatic carbocycles. The zero-order valence-electron chi connectivity index (χ0n) is 38.4. The molecule has 9 unspecified atom stereocenters. The molecule has 306 valence electrons. The van der Waals surface area contributed by atoms with E-state index < -0.39 is 0 Å². The van der Waals surface area contributed by atoms with Gasteiger partial charge in [0.2, 0.25) is 0 Å². The highest BCUT2D eigenvalue weighted by Crippen LogP contribution is 2.80. The molecule has 0 saturated heterocycles. The number of allylic oxidation sites excluding steroid dienone is 3. The summed E-state index contributed by atoms with van der Waals surface area (Å²) in [5.41, 5.74) is 7.89. The molecular formula is C52H88N2. The summed E-state index contributed by atoms with van der Waals surface area (Å²) in [6.45, 7) is 48.7. The molecule has 54 heavy (non-hydrogen) atoms. The van der Waals surface area contributed by atoms with Gasteiger partial charge in [-0.15, -0.1) is 13.2 Å². The van der Waals surface area contributed by atoms with Crippen molar-refractivity contribution in [2.45, 2.75) is 186 Å². The van der Waals surface area contributed by atoms with Gasteiger partial charge in [0, 0.05) is 31.2 Å². The van der Waals surface area contributed by atoms with Crippen molar-refractivity contribution in [2.75, 3.05) is 19.6 Å². The molecule has 0 spiro atoms. The Labute approximate surface area is 336 Å². The van der Waals surface area contributed by atoms with Gasteiger partial charge in [-0.25, -0.2) is 0 Å². The van der Waals surface area contributed by atoms with Crippen molar-refractivity contribution in [3.63, 3.8) is 0 Å². The highest BCUT2D eigenvalue weighted by molar-refractivity contribution is 5.71. The molecule has 2 nitrogen and oxygen atoms in total. The summed E-state index contributed by atoms with van der Waals surface area (Å²) in [7, 11) is 0. The molecule has 5 aliphatic rings. The lowest BCUT2D eigenvalue weighted by atomic mass is 9.29. The van der Waals surface area contributed by atoms with E-state index in [2.05, 4.69) is 137 Å². The molecule has 0 heterocycles. The first-order chi connectivity index (χ1) is 25.3. The second-order valence-corrected chi connectivity index (χ2v) is 21.3. The Hall–Kier alpha value is -1.64. The average molecular weight is 741 g/mol. The van der Waals surface area contributed by atoms with Crippen LogP contribution in [0.4, 0.5) is 0 Å². The predicted molar refractivity (Wildman–Crippen MR) is 240 cm³/mol. The van der Waals surface area contributed by atoms with Crippen molar-refractivity contribution in [3.8, 4) is 0 Å². The van der Waals surface area contributed by atoms with Gasteiger partial charge in [-0.1, -0.05) is 137 Å². The Morgan fingerprint density at radius 2 is 1.50 bits per heavy atom. The number of nitrogens with zero attached hydrogens (tertiary/aromatic N) is 1. The number of benzene rings is 1. The average Bonchev–Trinajstić information content (AvgIpc) is 3.55. The van der Waals surface area contributed by atoms with Crippen LogP contribution < -0.4 is 5.32 Å². The largest absolute Gasteiger partial charge is 0.310 e. The number of rotatable bonds is 10. The Kier molecular flexibility index (Phi) is 13.9. The maximum absolute atomic E-state index is 4.96. The first-order valence-electron chi connectivity index (χ1n) is 22.7. The van der Waals surface area contributed by atoms with Gasteiger partial charge in [0.25, 0.3) is 0 Å². The Balaban J connectivity index is 0.00000157. The lowest BCUT2D eigenvalue weighted by Gasteiger charge is -2.76. The van der Waals surface area contributed by atoms with E-state index in [1.165, 1.54) is 107 Å². The Morgan fingerprint density at radius 3 is 2.09 bits per heavy atom. The van der Waals surface area contributed by atoms with Crippen LogP contribution in [0, 0.1) is 57.2 Å². The summed E-state index contributed by atoms with van der Waals surface area (Å²) in [6.07, 6.45) is 18.8. The number of aryl methyl sites for hydroxylation is 1. The molecule has 1 aromatic rings. The molecule has 2 heteroatoms. The number of hydrogen-bond acceptors (Lipinski definition) is 2. The van der Waals surface area contributed by atoms with E-state index in [9.17, 15) is 0 Å². The summed E-state index contributed by atoms with van der Waals surface area (Å²) in [6, 6.07) is 10.1. The fourth-order valence-electron chi connectivity index (χ4n) is 14.7. The van der Waals surface area contributed by atoms with Gasteiger partial charge in [0.15, 0.2) is 0 Å². The van der Waals surface area contributed by atoms with E-state index in [1.807, 2.05) is 13.8 Å². The van der Waals surface area contributed by atoms with Crippen molar-refractivity contribution in [3.05, 3.63) is 66.8 Å². The maximum atomic E-state index is 4.96. The zero-order chi connectivity index (χ0) is 40.5. The highest BCUT2D eigenvalue weighted by Gasteiger charge is 2.74. The number of fused-ring (bicyclic) bond motifs is 7. The minimum atomic E-state index is 0.169. The highest BCUT2D eigenvalue weighted by atomic mass is 15.2. The van der Waals surface area contributed by atoms with Crippen LogP contribution >= 0.6 is 0 Å². The van der Waals surface area contributed by atoms with E-state index in [0.29, 0.717) is 33.6 Å². The number of nitrogens with one attached hydrogen (secondary N) is 1. The molecule has 6 rings (SSSR count). The second kappa shape index (κ2) is 16.7. The summed E-state index contributed by atoms with van der Waals surface area (Å²) in [4.78, 5) is 2.80. The van der Waals surface area contributed by atoms with Crippen LogP contribution in [0.5, 0.6) is 0 Å². The van der Waals surface area contributed by atoms with E-state index in [-0.39, 0.29) is 16.4 Å². The molecule has 0 aliphatic heterocycles. The van der Waals surface area contributed by atoms with Crippen LogP contribution in [0.1, 0.15) is 178 Å². The van der Waals surface area contributed by atoms with Crippen molar-refractivity contribution >= 4 is 5.57 Å². The van der Waals surface area contributed by atoms with E-state index >= 15 is 0 Å². The topological polar surface area (TPSA) is 15.3 Å². The second-order valence-electron chi connectivity index (χ2n) is 21.3. The van der Waals surface area contributed by atoms with Gasteiger partial charge in [-0.05, 0) is 146 Å². The van der Waals surface area contributed by atoms with Crippen LogP contribution in [0.15, 0.2) is 55.7 Å². The van der Waals surface area contributed by atoms with Crippen LogP contribution in [0.25, 0.3) is 5.57 Å². The summed E-state index contributed by atoms with van der Waals surface area (Å²) < 4.78 is 0. The first-order valence-corrected chi connectivity index (χ1v) is 22.7. The molecule has 0 amide bonds. The minimum Gasteiger partial charge on any atom is -0.310 e. The van der Waals surface area contributed by atoms with E-state index in [1.54, 1.807) is 5.57 Å². The summed E-state index contributed by atoms with van der Waals surface area (Å²) in [5.74, 6) is 2.15. The molecular weight excluding hydrogens is 653 g/mol. The molecule has 5 aliphatic carbocycles. The Morgan fingerprint density at radius 1 is 0.870 bits per heavy atom. The van der Waals surface area contributed by atoms with Crippen molar-refractivity contribution in [1.29, 1.82) is 0 Å². The first kappa shape index (κ1) is 45.1. The quantitative estimate of drug-likeness (QED) is 0.240. The molecule has 4 fully saturated rings. The molecule has 4 saturated carbocycles. The van der Waals surface area contributed by atoms with Gasteiger partial charge >= 0.3 is 0 Å². The predicted octanol–water partition coefficient (Wildman–Crippen LogP) is 14.5. The van der Waals surface area contributed by atoms with Crippen molar-refractivity contribution < 1.29 is 0 Å². The third-order valence-corrected chi connectivity index (χ3v) is 17.3. The van der Waals surface area contributed by atoms with Crippen LogP contribution in [0.3, 0.4) is 0 Å². The zero-order valence-corrected chi connectivity index (χ0v) is 38.4. The van der Waals surface area contributed by atoms with E-state index in [4.69, 9.17) is 6.58 Å². The minimum absolute atomic E-state index is 0.169. The van der Waals surface area contributed by atoms with Crippen molar-refractivity contribution in [1.82, 2.24) is 10.2 Å². The van der Waals surface area contributed by atoms with Gasteiger partial charge in [0.1, 0.15) is 0 Å². The number of hydrogen-bond donors (Lipinski definition) is 1. The van der Waals surface area contributed by atoms with Crippen molar-refractivity contribution in [2.24, 2.45) is 50.2 Å². The lowest BCUT2D eigenvalue weighted by molar-refractivity contribution is -0.248.